The van der Waals surface area contributed by atoms with Gasteiger partial charge >= 0.3 is 23.1 Å². The fourth-order valence-corrected chi connectivity index (χ4v) is 4.08. The summed E-state index contributed by atoms with van der Waals surface area (Å²) in [7, 11) is 0. The summed E-state index contributed by atoms with van der Waals surface area (Å²) in [6.45, 7) is 0. The average Bonchev–Trinajstić information content (AvgIpc) is 2.58. The minimum absolute atomic E-state index is 0. The van der Waals surface area contributed by atoms with Gasteiger partial charge in [0.05, 0.1) is 30.1 Å². The van der Waals surface area contributed by atoms with Gasteiger partial charge < -0.3 is 25.3 Å². The summed E-state index contributed by atoms with van der Waals surface area (Å²) in [6.07, 6.45) is 0. The molecule has 0 aliphatic rings. The average molecular weight is 587 g/mol. The normalized spacial score (nSPS) is 10.0. The van der Waals surface area contributed by atoms with Gasteiger partial charge in [-0.2, -0.15) is 0 Å². The van der Waals surface area contributed by atoms with Crippen LogP contribution in [0.2, 0.25) is 50.2 Å². The Morgan fingerprint density at radius 3 is 0.600 bits per heavy atom. The van der Waals surface area contributed by atoms with E-state index in [2.05, 4.69) is 0 Å². The fraction of sp³-hybridized carbons (Fsp3) is 0. The van der Waals surface area contributed by atoms with Crippen molar-refractivity contribution in [2.24, 2.45) is 0 Å². The quantitative estimate of drug-likeness (QED) is 0.131. The molecule has 132 valence electrons. The zero-order valence-electron chi connectivity index (χ0n) is 11.3. The van der Waals surface area contributed by atoms with E-state index in [1.54, 1.807) is 0 Å². The second kappa shape index (κ2) is 11.7. The van der Waals surface area contributed by atoms with E-state index in [1.165, 1.54) is 0 Å². The van der Waals surface area contributed by atoms with E-state index < -0.39 is 0 Å². The molecule has 0 amide bonds. The van der Waals surface area contributed by atoms with Crippen molar-refractivity contribution in [3.05, 3.63) is 50.2 Å². The Morgan fingerprint density at radius 2 is 0.440 bits per heavy atom. The number of rotatable bonds is 0. The molecule has 2 aromatic rings. The Hall–Kier alpha value is 2.55. The summed E-state index contributed by atoms with van der Waals surface area (Å²) in [5.74, 6) is 0. The third-order valence-electron chi connectivity index (χ3n) is 2.34. The molecule has 0 saturated carbocycles. The summed E-state index contributed by atoms with van der Waals surface area (Å²) in [6, 6.07) is 0. The van der Waals surface area contributed by atoms with Crippen molar-refractivity contribution in [1.82, 2.24) is 0 Å². The van der Waals surface area contributed by atoms with Crippen molar-refractivity contribution in [3.8, 4) is 0 Å². The van der Waals surface area contributed by atoms with E-state index in [9.17, 15) is 0 Å². The molecule has 0 radical (unpaired) electrons. The molecule has 0 atom stereocenters. The van der Waals surface area contributed by atoms with Crippen LogP contribution in [0.4, 0.5) is 0 Å². The minimum atomic E-state index is 0. The maximum absolute atomic E-state index is 5.70. The fourth-order valence-electron chi connectivity index (χ4n) is 1.17. The molecule has 0 heterocycles. The Labute approximate surface area is 221 Å². The Bertz CT molecular complexity index is 534. The van der Waals surface area contributed by atoms with E-state index in [0.717, 1.165) is 0 Å². The zero-order chi connectivity index (χ0) is 18.9. The molecule has 2 rings (SSSR count). The summed E-state index contributed by atoms with van der Waals surface area (Å²) in [5.41, 5.74) is 0. The molecule has 0 aliphatic heterocycles. The van der Waals surface area contributed by atoms with Crippen LogP contribution in [0.15, 0.2) is 9.79 Å². The third kappa shape index (κ3) is 6.26. The minimum Gasteiger partial charge on any atom is -0.777 e. The maximum atomic E-state index is 5.70. The van der Waals surface area contributed by atoms with Crippen molar-refractivity contribution >= 4 is 164 Å². The van der Waals surface area contributed by atoms with Crippen LogP contribution in [-0.4, -0.2) is 23.1 Å². The van der Waals surface area contributed by atoms with Gasteiger partial charge in [0.15, 0.2) is 0 Å². The van der Waals surface area contributed by atoms with Gasteiger partial charge in [-0.1, -0.05) is 116 Å². The SMILES string of the molecule is [Mg+2].[S-]c1c(Cl)c(Cl)c(Cl)c(Cl)c1Cl.[S-]c1c(Cl)c(Cl)c(Cl)c(Cl)c1Cl. The molecule has 0 unspecified atom stereocenters. The first-order valence-electron chi connectivity index (χ1n) is 5.30. The van der Waals surface area contributed by atoms with E-state index in [-0.39, 0.29) is 83.1 Å². The van der Waals surface area contributed by atoms with Gasteiger partial charge in [0, 0.05) is 20.1 Å². The van der Waals surface area contributed by atoms with Crippen LogP contribution >= 0.6 is 116 Å². The van der Waals surface area contributed by atoms with Crippen molar-refractivity contribution < 1.29 is 0 Å². The van der Waals surface area contributed by atoms with Gasteiger partial charge in [0.2, 0.25) is 0 Å². The van der Waals surface area contributed by atoms with Crippen LogP contribution in [0.25, 0.3) is 0 Å². The molecule has 0 bridgehead atoms. The molecule has 13 heteroatoms. The summed E-state index contributed by atoms with van der Waals surface area (Å²) in [4.78, 5) is 0.440. The molecule has 0 aromatic heterocycles. The van der Waals surface area contributed by atoms with Crippen LogP contribution in [-0.2, 0) is 25.3 Å². The van der Waals surface area contributed by atoms with Gasteiger partial charge in [0.1, 0.15) is 0 Å². The first-order valence-corrected chi connectivity index (χ1v) is 9.89. The number of hydrogen-bond acceptors (Lipinski definition) is 2. The summed E-state index contributed by atoms with van der Waals surface area (Å²) >= 11 is 66.6. The van der Waals surface area contributed by atoms with Crippen molar-refractivity contribution in [2.75, 3.05) is 0 Å². The monoisotopic (exact) mass is 582 g/mol. The second-order valence-electron chi connectivity index (χ2n) is 3.80. The largest absolute Gasteiger partial charge is 2.00 e. The number of hydrogen-bond donors (Lipinski definition) is 0. The van der Waals surface area contributed by atoms with Crippen LogP contribution in [0.1, 0.15) is 0 Å². The van der Waals surface area contributed by atoms with E-state index in [4.69, 9.17) is 141 Å². The maximum Gasteiger partial charge on any atom is 2.00 e. The van der Waals surface area contributed by atoms with Crippen LogP contribution in [0.5, 0.6) is 0 Å². The molecule has 0 N–H and O–H groups in total. The smallest absolute Gasteiger partial charge is 0.777 e. The molecule has 0 spiro atoms. The predicted molar refractivity (Wildman–Crippen MR) is 120 cm³/mol. The van der Waals surface area contributed by atoms with Gasteiger partial charge in [0.25, 0.3) is 0 Å². The number of halogens is 10. The molecule has 0 nitrogen and oxygen atoms in total. The second-order valence-corrected chi connectivity index (χ2v) is 8.39. The van der Waals surface area contributed by atoms with Crippen LogP contribution in [0.3, 0.4) is 0 Å². The Balaban J connectivity index is 0.000000443. The summed E-state index contributed by atoms with van der Waals surface area (Å²) < 4.78 is 0. The van der Waals surface area contributed by atoms with Crippen molar-refractivity contribution in [2.45, 2.75) is 9.79 Å². The van der Waals surface area contributed by atoms with Gasteiger partial charge in [-0.25, -0.2) is 0 Å². The van der Waals surface area contributed by atoms with E-state index >= 15 is 0 Å². The third-order valence-corrected chi connectivity index (χ3v) is 8.16. The molecular weight excluding hydrogens is 587 g/mol. The molecular formula is C12Cl10MgS2. The molecule has 0 saturated heterocycles. The van der Waals surface area contributed by atoms with E-state index in [0.29, 0.717) is 0 Å². The molecule has 2 aromatic carbocycles. The topological polar surface area (TPSA) is 0 Å². The first-order chi connectivity index (χ1) is 10.9. The molecule has 0 aliphatic carbocycles. The van der Waals surface area contributed by atoms with Crippen molar-refractivity contribution in [3.63, 3.8) is 0 Å². The number of benzene rings is 2. The van der Waals surface area contributed by atoms with Gasteiger partial charge in [-0.3, -0.25) is 0 Å². The predicted octanol–water partition coefficient (Wildman–Crippen LogP) is 9.34. The van der Waals surface area contributed by atoms with Gasteiger partial charge in [-0.15, -0.1) is 9.79 Å². The zero-order valence-corrected chi connectivity index (χ0v) is 21.9. The molecule has 25 heavy (non-hydrogen) atoms. The standard InChI is InChI=1S/2C6HCl5S.Mg/c2*7-1-2(8)4(10)6(12)5(11)3(1)9;/h2*12H;/q;;+2/p-2. The van der Waals surface area contributed by atoms with Crippen LogP contribution < -0.4 is 0 Å². The Kier molecular flexibility index (Phi) is 12.8. The Morgan fingerprint density at radius 1 is 0.320 bits per heavy atom. The van der Waals surface area contributed by atoms with Gasteiger partial charge in [-0.05, 0) is 0 Å². The van der Waals surface area contributed by atoms with Crippen molar-refractivity contribution in [1.29, 1.82) is 0 Å². The molecule has 0 fully saturated rings. The summed E-state index contributed by atoms with van der Waals surface area (Å²) in [5, 5.41) is 1.43. The van der Waals surface area contributed by atoms with E-state index in [1.807, 2.05) is 0 Å². The first kappa shape index (κ1) is 27.5. The van der Waals surface area contributed by atoms with Crippen LogP contribution in [0, 0.1) is 0 Å².